The second-order valence-electron chi connectivity index (χ2n) is 21.0. The van der Waals surface area contributed by atoms with Crippen molar-refractivity contribution < 1.29 is 24.5 Å². The van der Waals surface area contributed by atoms with Crippen LogP contribution in [0.3, 0.4) is 0 Å². The van der Waals surface area contributed by atoms with Crippen molar-refractivity contribution >= 4 is 11.9 Å². The quantitative estimate of drug-likeness (QED) is 0.0321. The fraction of sp³-hybridized carbons (Fsp3) is 0.903. The first-order chi connectivity index (χ1) is 33.5. The molecule has 0 saturated carbocycles. The van der Waals surface area contributed by atoms with E-state index >= 15 is 0 Å². The van der Waals surface area contributed by atoms with Crippen LogP contribution in [-0.2, 0) is 14.3 Å². The molecule has 0 aliphatic carbocycles. The van der Waals surface area contributed by atoms with Crippen LogP contribution >= 0.6 is 0 Å². The molecule has 1 amide bonds. The molecular formula is C62H119NO5. The molecule has 2 atom stereocenters. The van der Waals surface area contributed by atoms with Crippen molar-refractivity contribution in [3.8, 4) is 0 Å². The second-order valence-corrected chi connectivity index (χ2v) is 21.0. The Balaban J connectivity index is 3.41. The summed E-state index contributed by atoms with van der Waals surface area (Å²) >= 11 is 0. The van der Waals surface area contributed by atoms with E-state index in [1.807, 2.05) is 6.08 Å². The molecule has 0 radical (unpaired) electrons. The van der Waals surface area contributed by atoms with E-state index in [1.54, 1.807) is 6.08 Å². The molecule has 0 aromatic heterocycles. The van der Waals surface area contributed by atoms with E-state index in [0.717, 1.165) is 44.9 Å². The summed E-state index contributed by atoms with van der Waals surface area (Å²) in [4.78, 5) is 24.5. The van der Waals surface area contributed by atoms with Gasteiger partial charge in [0.05, 0.1) is 25.4 Å². The van der Waals surface area contributed by atoms with Crippen molar-refractivity contribution in [1.29, 1.82) is 0 Å². The number of allylic oxidation sites excluding steroid dienone is 3. The fourth-order valence-electron chi connectivity index (χ4n) is 9.51. The maximum Gasteiger partial charge on any atom is 0.305 e. The molecule has 0 aliphatic rings. The summed E-state index contributed by atoms with van der Waals surface area (Å²) in [6.07, 6.45) is 70.7. The normalized spacial score (nSPS) is 12.7. The number of esters is 1. The minimum absolute atomic E-state index is 0.0117. The van der Waals surface area contributed by atoms with Crippen molar-refractivity contribution in [2.75, 3.05) is 13.2 Å². The number of carbonyl (C=O) groups is 2. The number of aliphatic hydroxyl groups is 2. The van der Waals surface area contributed by atoms with Crippen LogP contribution in [0, 0.1) is 0 Å². The van der Waals surface area contributed by atoms with E-state index < -0.39 is 12.1 Å². The molecule has 0 fully saturated rings. The highest BCUT2D eigenvalue weighted by Gasteiger charge is 2.18. The Morgan fingerprint density at radius 2 is 0.691 bits per heavy atom. The molecule has 0 heterocycles. The maximum absolute atomic E-state index is 12.4. The summed E-state index contributed by atoms with van der Waals surface area (Å²) < 4.78 is 5.49. The highest BCUT2D eigenvalue weighted by atomic mass is 16.5. The number of carbonyl (C=O) groups excluding carboxylic acids is 2. The van der Waals surface area contributed by atoms with Crippen molar-refractivity contribution in [2.24, 2.45) is 0 Å². The van der Waals surface area contributed by atoms with Gasteiger partial charge in [-0.3, -0.25) is 9.59 Å². The molecule has 2 unspecified atom stereocenters. The van der Waals surface area contributed by atoms with Crippen LogP contribution in [-0.4, -0.2) is 47.4 Å². The van der Waals surface area contributed by atoms with Crippen molar-refractivity contribution in [3.63, 3.8) is 0 Å². The minimum atomic E-state index is -0.848. The van der Waals surface area contributed by atoms with E-state index in [1.165, 1.54) is 263 Å². The van der Waals surface area contributed by atoms with Gasteiger partial charge in [-0.15, -0.1) is 0 Å². The first-order valence-corrected chi connectivity index (χ1v) is 30.6. The Morgan fingerprint density at radius 1 is 0.397 bits per heavy atom. The number of ether oxygens (including phenoxy) is 1. The first kappa shape index (κ1) is 66.3. The van der Waals surface area contributed by atoms with Crippen LogP contribution < -0.4 is 5.32 Å². The highest BCUT2D eigenvalue weighted by molar-refractivity contribution is 5.76. The molecule has 0 spiro atoms. The lowest BCUT2D eigenvalue weighted by Gasteiger charge is -2.20. The molecule has 3 N–H and O–H groups in total. The van der Waals surface area contributed by atoms with Gasteiger partial charge in [0, 0.05) is 12.8 Å². The average Bonchev–Trinajstić information content (AvgIpc) is 3.34. The van der Waals surface area contributed by atoms with Gasteiger partial charge < -0.3 is 20.3 Å². The Hall–Kier alpha value is -1.66. The van der Waals surface area contributed by atoms with Gasteiger partial charge in [-0.25, -0.2) is 0 Å². The monoisotopic (exact) mass is 958 g/mol. The number of hydrogen-bond acceptors (Lipinski definition) is 5. The fourth-order valence-corrected chi connectivity index (χ4v) is 9.51. The average molecular weight is 959 g/mol. The molecule has 6 nitrogen and oxygen atoms in total. The summed E-state index contributed by atoms with van der Waals surface area (Å²) in [5.41, 5.74) is 0. The van der Waals surface area contributed by atoms with E-state index in [9.17, 15) is 19.8 Å². The summed E-state index contributed by atoms with van der Waals surface area (Å²) in [6, 6.07) is -0.632. The zero-order valence-corrected chi connectivity index (χ0v) is 45.9. The Bertz CT molecular complexity index is 1060. The molecule has 402 valence electrons. The van der Waals surface area contributed by atoms with Gasteiger partial charge in [0.25, 0.3) is 0 Å². The van der Waals surface area contributed by atoms with E-state index in [4.69, 9.17) is 4.74 Å². The van der Waals surface area contributed by atoms with E-state index in [-0.39, 0.29) is 18.5 Å². The van der Waals surface area contributed by atoms with Gasteiger partial charge in [0.2, 0.25) is 5.91 Å². The van der Waals surface area contributed by atoms with Crippen molar-refractivity contribution in [1.82, 2.24) is 5.32 Å². The SMILES string of the molecule is CCCCCCCCCCCCC/C=C/C(O)C(CO)NC(=O)CCCCCCCCC/C=C\CCCCCCCCCCCCOC(=O)CCCCCCCCCCCCCCCCCCC. The van der Waals surface area contributed by atoms with Crippen LogP contribution in [0.1, 0.15) is 335 Å². The van der Waals surface area contributed by atoms with Crippen molar-refractivity contribution in [2.45, 2.75) is 347 Å². The summed E-state index contributed by atoms with van der Waals surface area (Å²) in [6.45, 7) is 4.91. The predicted octanol–water partition coefficient (Wildman–Crippen LogP) is 19.0. The summed E-state index contributed by atoms with van der Waals surface area (Å²) in [7, 11) is 0. The molecular weight excluding hydrogens is 839 g/mol. The lowest BCUT2D eigenvalue weighted by Crippen LogP contribution is -2.45. The highest BCUT2D eigenvalue weighted by Crippen LogP contribution is 2.17. The van der Waals surface area contributed by atoms with Gasteiger partial charge in [-0.1, -0.05) is 289 Å². The number of hydrogen-bond donors (Lipinski definition) is 3. The summed E-state index contributed by atoms with van der Waals surface area (Å²) in [5.74, 6) is -0.0634. The zero-order chi connectivity index (χ0) is 49.3. The lowest BCUT2D eigenvalue weighted by atomic mass is 10.0. The largest absolute Gasteiger partial charge is 0.466 e. The molecule has 0 aromatic rings. The van der Waals surface area contributed by atoms with Crippen LogP contribution in [0.2, 0.25) is 0 Å². The standard InChI is InChI=1S/C62H119NO5/c1-3-5-7-9-11-13-15-17-18-24-28-32-36-40-44-48-52-56-62(67)68-57-53-49-45-41-37-33-29-26-23-21-19-20-22-25-27-31-35-39-43-47-51-55-61(66)63-59(58-64)60(65)54-50-46-42-38-34-30-16-14-12-10-8-6-4-2/h20,22,50,54,59-60,64-65H,3-19,21,23-49,51-53,55-58H2,1-2H3,(H,63,66)/b22-20-,54-50+. The molecule has 0 aromatic carbocycles. The zero-order valence-electron chi connectivity index (χ0n) is 45.9. The van der Waals surface area contributed by atoms with Gasteiger partial charge in [-0.05, 0) is 57.8 Å². The number of aliphatic hydroxyl groups excluding tert-OH is 2. The molecule has 6 heteroatoms. The van der Waals surface area contributed by atoms with Crippen LogP contribution in [0.5, 0.6) is 0 Å². The van der Waals surface area contributed by atoms with Gasteiger partial charge in [0.15, 0.2) is 0 Å². The number of nitrogens with one attached hydrogen (secondary N) is 1. The van der Waals surface area contributed by atoms with Crippen LogP contribution in [0.4, 0.5) is 0 Å². The molecule has 68 heavy (non-hydrogen) atoms. The van der Waals surface area contributed by atoms with Gasteiger partial charge in [0.1, 0.15) is 0 Å². The third-order valence-electron chi connectivity index (χ3n) is 14.2. The molecule has 0 saturated heterocycles. The van der Waals surface area contributed by atoms with E-state index in [0.29, 0.717) is 19.4 Å². The Kier molecular flexibility index (Phi) is 56.5. The number of unbranched alkanes of at least 4 members (excludes halogenated alkanes) is 44. The summed E-state index contributed by atoms with van der Waals surface area (Å²) in [5, 5.41) is 23.1. The Labute approximate surface area is 424 Å². The first-order valence-electron chi connectivity index (χ1n) is 30.6. The maximum atomic E-state index is 12.4. The molecule has 0 rings (SSSR count). The minimum Gasteiger partial charge on any atom is -0.466 e. The van der Waals surface area contributed by atoms with Crippen LogP contribution in [0.25, 0.3) is 0 Å². The predicted molar refractivity (Wildman–Crippen MR) is 296 cm³/mol. The number of rotatable bonds is 57. The Morgan fingerprint density at radius 3 is 1.04 bits per heavy atom. The third-order valence-corrected chi connectivity index (χ3v) is 14.2. The van der Waals surface area contributed by atoms with Crippen molar-refractivity contribution in [3.05, 3.63) is 24.3 Å². The number of amides is 1. The topological polar surface area (TPSA) is 95.9 Å². The smallest absolute Gasteiger partial charge is 0.305 e. The molecule has 0 bridgehead atoms. The third kappa shape index (κ3) is 53.7. The van der Waals surface area contributed by atoms with Crippen LogP contribution in [0.15, 0.2) is 24.3 Å². The molecule has 0 aliphatic heterocycles. The second kappa shape index (κ2) is 57.9. The lowest BCUT2D eigenvalue weighted by molar-refractivity contribution is -0.143. The van der Waals surface area contributed by atoms with Gasteiger partial charge >= 0.3 is 5.97 Å². The van der Waals surface area contributed by atoms with E-state index in [2.05, 4.69) is 31.3 Å². The van der Waals surface area contributed by atoms with Gasteiger partial charge in [-0.2, -0.15) is 0 Å².